The molecule has 3 atom stereocenters. The van der Waals surface area contributed by atoms with Crippen LogP contribution in [0.15, 0.2) is 0 Å². The minimum Gasteiger partial charge on any atom is -0.480 e. The molecule has 29 heavy (non-hydrogen) atoms. The Morgan fingerprint density at radius 1 is 0.724 bits per heavy atom. The number of aliphatic carboxylic acids is 3. The summed E-state index contributed by atoms with van der Waals surface area (Å²) in [7, 11) is 0. The van der Waals surface area contributed by atoms with E-state index in [4.69, 9.17) is 15.3 Å². The average Bonchev–Trinajstić information content (AvgIpc) is 2.77. The highest BCUT2D eigenvalue weighted by Gasteiger charge is 2.27. The summed E-state index contributed by atoms with van der Waals surface area (Å²) in [5.41, 5.74) is 0. The summed E-state index contributed by atoms with van der Waals surface area (Å²) in [5, 5.41) is 27.4. The first kappa shape index (κ1) is 23.5. The van der Waals surface area contributed by atoms with Gasteiger partial charge in [0.05, 0.1) is 25.8 Å². The Balaban J connectivity index is 2.06. The highest BCUT2D eigenvalue weighted by molar-refractivity contribution is 5.72. The summed E-state index contributed by atoms with van der Waals surface area (Å²) in [4.78, 5) is 43.7. The highest BCUT2D eigenvalue weighted by Crippen LogP contribution is 2.10. The molecule has 11 heteroatoms. The second-order valence-electron chi connectivity index (χ2n) is 7.71. The first-order valence-corrected chi connectivity index (χ1v) is 10.0. The van der Waals surface area contributed by atoms with Crippen molar-refractivity contribution in [3.8, 4) is 0 Å². The van der Waals surface area contributed by atoms with E-state index in [1.165, 1.54) is 4.90 Å². The van der Waals surface area contributed by atoms with Crippen molar-refractivity contribution in [2.45, 2.75) is 13.1 Å². The smallest absolute Gasteiger partial charge is 0.317 e. The van der Waals surface area contributed by atoms with Gasteiger partial charge in [0, 0.05) is 65.4 Å². The Labute approximate surface area is 171 Å². The predicted octanol–water partition coefficient (Wildman–Crippen LogP) is -1.88. The minimum absolute atomic E-state index is 0.0458. The molecular formula is C18H33N5O6. The van der Waals surface area contributed by atoms with E-state index in [9.17, 15) is 14.4 Å². The van der Waals surface area contributed by atoms with E-state index in [0.29, 0.717) is 26.2 Å². The molecule has 0 aromatic rings. The Morgan fingerprint density at radius 2 is 1.14 bits per heavy atom. The molecule has 3 unspecified atom stereocenters. The maximum Gasteiger partial charge on any atom is 0.317 e. The molecule has 11 nitrogen and oxygen atoms in total. The third-order valence-electron chi connectivity index (χ3n) is 5.70. The van der Waals surface area contributed by atoms with E-state index in [-0.39, 0.29) is 25.8 Å². The molecule has 2 fully saturated rings. The Bertz CT molecular complexity index is 541. The summed E-state index contributed by atoms with van der Waals surface area (Å²) in [5.74, 6) is -2.90. The Kier molecular flexibility index (Phi) is 9.24. The summed E-state index contributed by atoms with van der Waals surface area (Å²) in [6.07, 6.45) is -0.310. The van der Waals surface area contributed by atoms with Gasteiger partial charge >= 0.3 is 17.9 Å². The number of rotatable bonds is 8. The molecule has 2 aliphatic heterocycles. The van der Waals surface area contributed by atoms with Crippen LogP contribution in [0, 0.1) is 0 Å². The van der Waals surface area contributed by atoms with Crippen molar-refractivity contribution in [2.75, 3.05) is 85.1 Å². The lowest BCUT2D eigenvalue weighted by atomic mass is 10.3. The van der Waals surface area contributed by atoms with Crippen LogP contribution in [-0.2, 0) is 14.4 Å². The predicted molar refractivity (Wildman–Crippen MR) is 105 cm³/mol. The molecular weight excluding hydrogens is 382 g/mol. The second-order valence-corrected chi connectivity index (χ2v) is 7.71. The SMILES string of the molecule is CC(N1CCN2CCN(CCN(CC(=O)O)CC2)CC1)N(CC(=O)O)CC(=O)O. The molecule has 0 aromatic heterocycles. The Morgan fingerprint density at radius 3 is 1.55 bits per heavy atom. The van der Waals surface area contributed by atoms with Crippen LogP contribution in [0.5, 0.6) is 0 Å². The van der Waals surface area contributed by atoms with Crippen molar-refractivity contribution in [3.63, 3.8) is 0 Å². The lowest BCUT2D eigenvalue weighted by Crippen LogP contribution is -2.53. The van der Waals surface area contributed by atoms with Gasteiger partial charge in [0.15, 0.2) is 0 Å². The summed E-state index contributed by atoms with van der Waals surface area (Å²) < 4.78 is 0. The molecule has 2 rings (SSSR count). The number of nitrogens with zero attached hydrogens (tertiary/aromatic N) is 5. The number of carboxylic acid groups (broad SMARTS) is 3. The maximum atomic E-state index is 11.2. The molecule has 3 N–H and O–H groups in total. The van der Waals surface area contributed by atoms with Gasteiger partial charge in [-0.05, 0) is 6.92 Å². The van der Waals surface area contributed by atoms with Crippen LogP contribution < -0.4 is 0 Å². The van der Waals surface area contributed by atoms with Gasteiger partial charge in [-0.3, -0.25) is 38.9 Å². The fourth-order valence-electron chi connectivity index (χ4n) is 3.90. The van der Waals surface area contributed by atoms with E-state index in [2.05, 4.69) is 14.7 Å². The molecule has 0 amide bonds. The molecule has 2 aliphatic rings. The molecule has 2 bridgehead atoms. The van der Waals surface area contributed by atoms with E-state index in [1.54, 1.807) is 0 Å². The zero-order chi connectivity index (χ0) is 21.4. The average molecular weight is 415 g/mol. The van der Waals surface area contributed by atoms with Gasteiger partial charge in [-0.25, -0.2) is 0 Å². The van der Waals surface area contributed by atoms with Crippen LogP contribution in [0.1, 0.15) is 6.92 Å². The summed E-state index contributed by atoms with van der Waals surface area (Å²) in [6, 6.07) is 0. The van der Waals surface area contributed by atoms with Crippen molar-refractivity contribution in [1.82, 2.24) is 24.5 Å². The van der Waals surface area contributed by atoms with Crippen molar-refractivity contribution < 1.29 is 29.7 Å². The van der Waals surface area contributed by atoms with Crippen molar-refractivity contribution in [3.05, 3.63) is 0 Å². The topological polar surface area (TPSA) is 128 Å². The van der Waals surface area contributed by atoms with Crippen LogP contribution in [0.2, 0.25) is 0 Å². The zero-order valence-electron chi connectivity index (χ0n) is 17.1. The molecule has 0 radical (unpaired) electrons. The van der Waals surface area contributed by atoms with Gasteiger partial charge in [0.1, 0.15) is 0 Å². The third kappa shape index (κ3) is 8.23. The van der Waals surface area contributed by atoms with Crippen molar-refractivity contribution >= 4 is 17.9 Å². The normalized spacial score (nSPS) is 25.9. The first-order chi connectivity index (χ1) is 13.7. The molecule has 0 spiro atoms. The van der Waals surface area contributed by atoms with Gasteiger partial charge in [0.2, 0.25) is 0 Å². The van der Waals surface area contributed by atoms with Crippen LogP contribution >= 0.6 is 0 Å². The quantitative estimate of drug-likeness (QED) is 0.412. The van der Waals surface area contributed by atoms with Crippen LogP contribution in [0.3, 0.4) is 0 Å². The minimum atomic E-state index is -1.04. The number of hydrogen-bond donors (Lipinski definition) is 3. The van der Waals surface area contributed by atoms with Gasteiger partial charge in [-0.15, -0.1) is 0 Å². The third-order valence-corrected chi connectivity index (χ3v) is 5.70. The first-order valence-electron chi connectivity index (χ1n) is 10.0. The van der Waals surface area contributed by atoms with Gasteiger partial charge in [-0.1, -0.05) is 0 Å². The van der Waals surface area contributed by atoms with E-state index in [0.717, 1.165) is 39.3 Å². The molecule has 166 valence electrons. The van der Waals surface area contributed by atoms with E-state index < -0.39 is 17.9 Å². The highest BCUT2D eigenvalue weighted by atomic mass is 16.4. The monoisotopic (exact) mass is 415 g/mol. The van der Waals surface area contributed by atoms with E-state index >= 15 is 0 Å². The largest absolute Gasteiger partial charge is 0.480 e. The summed E-state index contributed by atoms with van der Waals surface area (Å²) >= 11 is 0. The fourth-order valence-corrected chi connectivity index (χ4v) is 3.90. The van der Waals surface area contributed by atoms with Crippen LogP contribution in [0.4, 0.5) is 0 Å². The van der Waals surface area contributed by atoms with E-state index in [1.807, 2.05) is 11.8 Å². The Hall–Kier alpha value is -1.79. The lowest BCUT2D eigenvalue weighted by molar-refractivity contribution is -0.145. The number of carboxylic acids is 3. The lowest BCUT2D eigenvalue weighted by Gasteiger charge is -2.37. The van der Waals surface area contributed by atoms with Crippen LogP contribution in [0.25, 0.3) is 0 Å². The summed E-state index contributed by atoms with van der Waals surface area (Å²) in [6.45, 7) is 8.95. The number of hydrogen-bond acceptors (Lipinski definition) is 8. The molecule has 2 saturated heterocycles. The second kappa shape index (κ2) is 11.4. The molecule has 2 heterocycles. The van der Waals surface area contributed by atoms with Crippen molar-refractivity contribution in [2.24, 2.45) is 0 Å². The maximum absolute atomic E-state index is 11.2. The van der Waals surface area contributed by atoms with Gasteiger partial charge in [0.25, 0.3) is 0 Å². The number of fused-ring (bicyclic) bond motifs is 3. The van der Waals surface area contributed by atoms with Crippen molar-refractivity contribution in [1.29, 1.82) is 0 Å². The fraction of sp³-hybridized carbons (Fsp3) is 0.833. The van der Waals surface area contributed by atoms with Gasteiger partial charge in [-0.2, -0.15) is 0 Å². The molecule has 0 saturated carbocycles. The number of carbonyl (C=O) groups is 3. The van der Waals surface area contributed by atoms with Gasteiger partial charge < -0.3 is 15.3 Å². The standard InChI is InChI=1S/C18H33N5O6/c1-15(23(13-17(26)27)14-18(28)29)22-10-8-19-2-3-20(9-11-22)5-7-21(6-4-19)12-16(24)25/h15H,2-14H2,1H3,(H,24,25)(H,26,27)(H,28,29). The molecule has 0 aromatic carbocycles. The molecule has 0 aliphatic carbocycles. The van der Waals surface area contributed by atoms with Crippen LogP contribution in [-0.4, -0.2) is 149 Å². The zero-order valence-corrected chi connectivity index (χ0v) is 17.1.